The summed E-state index contributed by atoms with van der Waals surface area (Å²) in [6.45, 7) is 5.58. The van der Waals surface area contributed by atoms with Crippen LogP contribution in [0.1, 0.15) is 29.7 Å². The van der Waals surface area contributed by atoms with Crippen molar-refractivity contribution in [3.63, 3.8) is 0 Å². The first kappa shape index (κ1) is 28.0. The molecule has 0 spiro atoms. The normalized spacial score (nSPS) is 13.6. The van der Waals surface area contributed by atoms with Gasteiger partial charge in [-0.15, -0.1) is 0 Å². The van der Waals surface area contributed by atoms with Crippen molar-refractivity contribution in [1.82, 2.24) is 9.88 Å². The maximum Gasteiger partial charge on any atom is 0.169 e. The molecule has 7 heteroatoms. The lowest BCUT2D eigenvalue weighted by molar-refractivity contribution is 0.377. The van der Waals surface area contributed by atoms with E-state index in [0.717, 1.165) is 12.2 Å². The molecule has 5 rings (SSSR count). The summed E-state index contributed by atoms with van der Waals surface area (Å²) < 4.78 is 5.45. The maximum atomic E-state index is 9.62. The topological polar surface area (TPSA) is 45.6 Å². The number of ether oxygens (including phenoxy) is 1. The summed E-state index contributed by atoms with van der Waals surface area (Å²) in [5, 5.41) is 10.9. The van der Waals surface area contributed by atoms with Crippen LogP contribution in [0, 0.1) is 6.92 Å². The SMILES string of the molecule is Cc1ccc(/C(=C\CN2CCCC2)c2ccccn2)cc1.Oc1cc(Cl)ccc1Oc1ccc(Cl)cc1Cl. The van der Waals surface area contributed by atoms with Gasteiger partial charge in [0.15, 0.2) is 11.5 Å². The molecule has 1 aliphatic heterocycles. The van der Waals surface area contributed by atoms with Gasteiger partial charge in [0.2, 0.25) is 0 Å². The monoisotopic (exact) mass is 566 g/mol. The molecule has 0 bridgehead atoms. The summed E-state index contributed by atoms with van der Waals surface area (Å²) in [5.41, 5.74) is 4.83. The predicted octanol–water partition coefficient (Wildman–Crippen LogP) is 9.06. The van der Waals surface area contributed by atoms with Gasteiger partial charge in [-0.25, -0.2) is 0 Å². The minimum Gasteiger partial charge on any atom is -0.504 e. The molecular weight excluding hydrogens is 539 g/mol. The molecule has 1 aromatic heterocycles. The van der Waals surface area contributed by atoms with Crippen LogP contribution in [0.15, 0.2) is 91.1 Å². The van der Waals surface area contributed by atoms with Gasteiger partial charge in [-0.1, -0.05) is 76.8 Å². The number of aromatic nitrogens is 1. The molecule has 0 aliphatic carbocycles. The number of aromatic hydroxyl groups is 1. The standard InChI is InChI=1S/C19H22N2.C12H7Cl3O2/c1-16-7-9-17(10-8-16)18(19-6-2-3-12-20-19)11-15-21-13-4-5-14-21;13-7-1-3-11(9(15)5-7)17-12-4-2-8(14)6-10(12)16/h2-3,6-12H,4-5,13-15H2,1H3;1-6,16H/b18-11+;. The Morgan fingerprint density at radius 2 is 1.58 bits per heavy atom. The quantitative estimate of drug-likeness (QED) is 0.252. The van der Waals surface area contributed by atoms with Crippen LogP contribution in [0.3, 0.4) is 0 Å². The Balaban J connectivity index is 0.000000181. The highest BCUT2D eigenvalue weighted by Gasteiger charge is 2.12. The maximum absolute atomic E-state index is 9.62. The van der Waals surface area contributed by atoms with Crippen molar-refractivity contribution in [2.24, 2.45) is 0 Å². The van der Waals surface area contributed by atoms with Crippen LogP contribution in [0.25, 0.3) is 5.57 Å². The van der Waals surface area contributed by atoms with Crippen molar-refractivity contribution in [2.45, 2.75) is 19.8 Å². The number of halogens is 3. The van der Waals surface area contributed by atoms with E-state index in [0.29, 0.717) is 20.8 Å². The molecule has 0 unspecified atom stereocenters. The second kappa shape index (κ2) is 13.7. The molecule has 0 atom stereocenters. The number of hydrogen-bond donors (Lipinski definition) is 1. The van der Waals surface area contributed by atoms with E-state index in [2.05, 4.69) is 59.3 Å². The van der Waals surface area contributed by atoms with Crippen molar-refractivity contribution in [3.8, 4) is 17.2 Å². The minimum atomic E-state index is -0.0523. The Morgan fingerprint density at radius 3 is 2.21 bits per heavy atom. The third-order valence-corrected chi connectivity index (χ3v) is 6.86. The number of phenols is 1. The van der Waals surface area contributed by atoms with E-state index in [4.69, 9.17) is 39.5 Å². The van der Waals surface area contributed by atoms with Gasteiger partial charge in [0.1, 0.15) is 5.75 Å². The number of likely N-dealkylation sites (tertiary alicyclic amines) is 1. The number of hydrogen-bond acceptors (Lipinski definition) is 4. The third-order valence-electron chi connectivity index (χ3n) is 6.09. The van der Waals surface area contributed by atoms with Gasteiger partial charge in [-0.05, 0) is 80.9 Å². The largest absolute Gasteiger partial charge is 0.504 e. The molecular formula is C31H29Cl3N2O2. The highest BCUT2D eigenvalue weighted by Crippen LogP contribution is 2.36. The van der Waals surface area contributed by atoms with E-state index < -0.39 is 0 Å². The lowest BCUT2D eigenvalue weighted by atomic mass is 10.0. The lowest BCUT2D eigenvalue weighted by Gasteiger charge is -2.14. The van der Waals surface area contributed by atoms with Crippen LogP contribution in [0.2, 0.25) is 15.1 Å². The van der Waals surface area contributed by atoms with Gasteiger partial charge >= 0.3 is 0 Å². The van der Waals surface area contributed by atoms with Gasteiger partial charge < -0.3 is 9.84 Å². The zero-order chi connectivity index (χ0) is 26.9. The Hall–Kier alpha value is -3.02. The fourth-order valence-corrected chi connectivity index (χ4v) is 4.68. The van der Waals surface area contributed by atoms with Gasteiger partial charge in [0, 0.05) is 34.4 Å². The molecule has 0 radical (unpaired) electrons. The average Bonchev–Trinajstić information content (AvgIpc) is 3.43. The number of benzene rings is 3. The molecule has 2 heterocycles. The number of pyridine rings is 1. The highest BCUT2D eigenvalue weighted by molar-refractivity contribution is 6.35. The van der Waals surface area contributed by atoms with Crippen molar-refractivity contribution in [1.29, 1.82) is 0 Å². The second-order valence-electron chi connectivity index (χ2n) is 9.00. The van der Waals surface area contributed by atoms with Crippen molar-refractivity contribution in [3.05, 3.63) is 123 Å². The first-order valence-electron chi connectivity index (χ1n) is 12.4. The second-order valence-corrected chi connectivity index (χ2v) is 10.3. The Bertz CT molecular complexity index is 1320. The fourth-order valence-electron chi connectivity index (χ4n) is 4.06. The minimum absolute atomic E-state index is 0.0523. The van der Waals surface area contributed by atoms with E-state index in [-0.39, 0.29) is 11.5 Å². The molecule has 4 nitrogen and oxygen atoms in total. The molecule has 3 aromatic carbocycles. The van der Waals surface area contributed by atoms with Crippen LogP contribution in [0.5, 0.6) is 17.2 Å². The number of phenolic OH excluding ortho intramolecular Hbond substituents is 1. The summed E-state index contributed by atoms with van der Waals surface area (Å²) in [6, 6.07) is 24.2. The summed E-state index contributed by atoms with van der Waals surface area (Å²) in [6.07, 6.45) is 6.86. The molecule has 196 valence electrons. The number of aryl methyl sites for hydroxylation is 1. The van der Waals surface area contributed by atoms with Gasteiger partial charge in [-0.3, -0.25) is 9.88 Å². The van der Waals surface area contributed by atoms with Crippen molar-refractivity contribution >= 4 is 40.4 Å². The molecule has 0 saturated carbocycles. The molecule has 38 heavy (non-hydrogen) atoms. The van der Waals surface area contributed by atoms with Crippen LogP contribution in [-0.2, 0) is 0 Å². The third kappa shape index (κ3) is 7.99. The number of rotatable bonds is 6. The van der Waals surface area contributed by atoms with E-state index in [1.54, 1.807) is 30.3 Å². The highest BCUT2D eigenvalue weighted by atomic mass is 35.5. The van der Waals surface area contributed by atoms with Gasteiger partial charge in [0.25, 0.3) is 0 Å². The lowest BCUT2D eigenvalue weighted by Crippen LogP contribution is -2.19. The summed E-state index contributed by atoms with van der Waals surface area (Å²) in [5.74, 6) is 0.635. The molecule has 0 amide bonds. The van der Waals surface area contributed by atoms with Crippen LogP contribution < -0.4 is 4.74 Å². The molecule has 1 fully saturated rings. The van der Waals surface area contributed by atoms with Crippen LogP contribution in [-0.4, -0.2) is 34.6 Å². The van der Waals surface area contributed by atoms with Crippen LogP contribution >= 0.6 is 34.8 Å². The zero-order valence-corrected chi connectivity index (χ0v) is 23.3. The van der Waals surface area contributed by atoms with Gasteiger partial charge in [-0.2, -0.15) is 0 Å². The van der Waals surface area contributed by atoms with E-state index >= 15 is 0 Å². The van der Waals surface area contributed by atoms with E-state index in [1.807, 2.05) is 12.3 Å². The molecule has 1 aliphatic rings. The van der Waals surface area contributed by atoms with Gasteiger partial charge in [0.05, 0.1) is 10.7 Å². The first-order valence-corrected chi connectivity index (χ1v) is 13.5. The smallest absolute Gasteiger partial charge is 0.169 e. The Kier molecular flexibility index (Phi) is 10.1. The van der Waals surface area contributed by atoms with Crippen LogP contribution in [0.4, 0.5) is 0 Å². The van der Waals surface area contributed by atoms with E-state index in [1.165, 1.54) is 48.7 Å². The number of nitrogens with zero attached hydrogens (tertiary/aromatic N) is 2. The fraction of sp³-hybridized carbons (Fsp3) is 0.194. The average molecular weight is 568 g/mol. The summed E-state index contributed by atoms with van der Waals surface area (Å²) in [7, 11) is 0. The molecule has 4 aromatic rings. The van der Waals surface area contributed by atoms with E-state index in [9.17, 15) is 5.11 Å². The van der Waals surface area contributed by atoms with Crippen molar-refractivity contribution < 1.29 is 9.84 Å². The molecule has 1 N–H and O–H groups in total. The first-order chi connectivity index (χ1) is 18.4. The zero-order valence-electron chi connectivity index (χ0n) is 21.1. The Labute approximate surface area is 239 Å². The van der Waals surface area contributed by atoms with Crippen molar-refractivity contribution in [2.75, 3.05) is 19.6 Å². The Morgan fingerprint density at radius 1 is 0.895 bits per heavy atom. The summed E-state index contributed by atoms with van der Waals surface area (Å²) in [4.78, 5) is 7.05. The predicted molar refractivity (Wildman–Crippen MR) is 158 cm³/mol. The molecule has 1 saturated heterocycles. The summed E-state index contributed by atoms with van der Waals surface area (Å²) >= 11 is 17.4.